The second-order valence-electron chi connectivity index (χ2n) is 1.23. The molecule has 0 atom stereocenters. The third-order valence-corrected chi connectivity index (χ3v) is 0.838. The molecule has 0 heterocycles. The maximum Gasteiger partial charge on any atom is 0.0913 e. The zero-order valence-corrected chi connectivity index (χ0v) is 4.90. The molecule has 7 heavy (non-hydrogen) atoms. The van der Waals surface area contributed by atoms with Crippen molar-refractivity contribution in [3.05, 3.63) is 18.8 Å². The summed E-state index contributed by atoms with van der Waals surface area (Å²) in [6.07, 6.45) is 2.65. The average Bonchev–Trinajstić information content (AvgIpc) is 1.72. The van der Waals surface area contributed by atoms with Crippen molar-refractivity contribution in [2.24, 2.45) is 0 Å². The molecule has 0 aromatic rings. The number of hydrogen-bond donors (Lipinski definition) is 0. The Morgan fingerprint density at radius 3 is 2.43 bits per heavy atom. The Morgan fingerprint density at radius 1 is 1.86 bits per heavy atom. The summed E-state index contributed by atoms with van der Waals surface area (Å²) < 4.78 is 4.85. The van der Waals surface area contributed by atoms with E-state index in [0.29, 0.717) is 0 Å². The number of ether oxygens (including phenoxy) is 1. The average molecular weight is 99.2 g/mol. The van der Waals surface area contributed by atoms with Crippen LogP contribution in [0, 0.1) is 6.92 Å². The highest BCUT2D eigenvalue weighted by Gasteiger charge is 1.82. The number of allylic oxidation sites excluding steroid dienone is 2. The van der Waals surface area contributed by atoms with Crippen LogP contribution in [0.15, 0.2) is 11.8 Å². The monoisotopic (exact) mass is 99.1 g/mol. The molecular formula is C6H11O. The molecule has 0 bridgehead atoms. The molecule has 0 fully saturated rings. The molecule has 0 aliphatic heterocycles. The predicted molar refractivity (Wildman–Crippen MR) is 30.7 cm³/mol. The van der Waals surface area contributed by atoms with Crippen molar-refractivity contribution in [1.29, 1.82) is 0 Å². The van der Waals surface area contributed by atoms with Gasteiger partial charge in [-0.15, -0.1) is 0 Å². The normalized spacial score (nSPS) is 11.6. The van der Waals surface area contributed by atoms with Crippen LogP contribution in [0.4, 0.5) is 0 Å². The standard InChI is InChI=1S/C6H11O/c1-4-6(5-2)7-3/h4H,1,5H2,2-3H3/b6-4-. The molecule has 0 aromatic carbocycles. The summed E-state index contributed by atoms with van der Waals surface area (Å²) in [4.78, 5) is 0. The Balaban J connectivity index is 3.38. The van der Waals surface area contributed by atoms with E-state index in [1.807, 2.05) is 6.92 Å². The van der Waals surface area contributed by atoms with Crippen molar-refractivity contribution in [2.75, 3.05) is 7.11 Å². The lowest BCUT2D eigenvalue weighted by atomic mass is 10.4. The Morgan fingerprint density at radius 2 is 2.43 bits per heavy atom. The fourth-order valence-corrected chi connectivity index (χ4v) is 0.372. The highest BCUT2D eigenvalue weighted by atomic mass is 16.5. The molecule has 0 unspecified atom stereocenters. The van der Waals surface area contributed by atoms with Crippen LogP contribution < -0.4 is 0 Å². The van der Waals surface area contributed by atoms with Gasteiger partial charge in [0.05, 0.1) is 12.9 Å². The smallest absolute Gasteiger partial charge is 0.0913 e. The number of hydrogen-bond acceptors (Lipinski definition) is 1. The molecule has 0 amide bonds. The van der Waals surface area contributed by atoms with Gasteiger partial charge in [0.1, 0.15) is 0 Å². The van der Waals surface area contributed by atoms with Gasteiger partial charge in [0.15, 0.2) is 0 Å². The van der Waals surface area contributed by atoms with E-state index in [4.69, 9.17) is 4.74 Å². The second-order valence-corrected chi connectivity index (χ2v) is 1.23. The van der Waals surface area contributed by atoms with Gasteiger partial charge < -0.3 is 4.74 Å². The molecule has 0 rings (SSSR count). The molecule has 0 aliphatic carbocycles. The first kappa shape index (κ1) is 6.54. The first-order valence-electron chi connectivity index (χ1n) is 2.37. The number of rotatable bonds is 2. The van der Waals surface area contributed by atoms with Gasteiger partial charge in [0.25, 0.3) is 0 Å². The molecule has 1 nitrogen and oxygen atoms in total. The summed E-state index contributed by atoms with van der Waals surface area (Å²) in [5.41, 5.74) is 0. The van der Waals surface area contributed by atoms with Crippen LogP contribution in [0.3, 0.4) is 0 Å². The van der Waals surface area contributed by atoms with Crippen LogP contribution >= 0.6 is 0 Å². The summed E-state index contributed by atoms with van der Waals surface area (Å²) in [5, 5.41) is 0. The van der Waals surface area contributed by atoms with E-state index in [-0.39, 0.29) is 0 Å². The van der Waals surface area contributed by atoms with E-state index in [1.165, 1.54) is 0 Å². The highest BCUT2D eigenvalue weighted by molar-refractivity contribution is 4.92. The molecule has 1 radical (unpaired) electrons. The van der Waals surface area contributed by atoms with E-state index >= 15 is 0 Å². The van der Waals surface area contributed by atoms with E-state index in [9.17, 15) is 0 Å². The van der Waals surface area contributed by atoms with Gasteiger partial charge in [-0.25, -0.2) is 0 Å². The fraction of sp³-hybridized carbons (Fsp3) is 0.500. The molecule has 0 aromatic heterocycles. The van der Waals surface area contributed by atoms with Crippen LogP contribution in [0.1, 0.15) is 13.3 Å². The second kappa shape index (κ2) is 3.72. The first-order chi connectivity index (χ1) is 3.35. The minimum atomic E-state index is 0.931. The largest absolute Gasteiger partial charge is 0.501 e. The summed E-state index contributed by atoms with van der Waals surface area (Å²) in [6, 6.07) is 0. The minimum Gasteiger partial charge on any atom is -0.501 e. The molecular weight excluding hydrogens is 88.1 g/mol. The van der Waals surface area contributed by atoms with Gasteiger partial charge in [0.2, 0.25) is 0 Å². The highest BCUT2D eigenvalue weighted by Crippen LogP contribution is 1.97. The fourth-order valence-electron chi connectivity index (χ4n) is 0.372. The maximum atomic E-state index is 4.85. The molecule has 0 spiro atoms. The topological polar surface area (TPSA) is 9.23 Å². The molecule has 0 saturated carbocycles. The van der Waals surface area contributed by atoms with Crippen molar-refractivity contribution in [2.45, 2.75) is 13.3 Å². The van der Waals surface area contributed by atoms with Crippen molar-refractivity contribution >= 4 is 0 Å². The van der Waals surface area contributed by atoms with Gasteiger partial charge in [-0.3, -0.25) is 0 Å². The zero-order valence-electron chi connectivity index (χ0n) is 4.90. The van der Waals surface area contributed by atoms with Crippen molar-refractivity contribution in [3.8, 4) is 0 Å². The SMILES string of the molecule is [CH2]/C=C(/CC)OC. The van der Waals surface area contributed by atoms with Crippen LogP contribution in [-0.2, 0) is 4.74 Å². The lowest BCUT2D eigenvalue weighted by molar-refractivity contribution is 0.281. The van der Waals surface area contributed by atoms with Crippen LogP contribution in [-0.4, -0.2) is 7.11 Å². The Hall–Kier alpha value is -0.460. The molecule has 0 aliphatic rings. The van der Waals surface area contributed by atoms with E-state index in [1.54, 1.807) is 13.2 Å². The molecule has 41 valence electrons. The lowest BCUT2D eigenvalue weighted by Gasteiger charge is -1.97. The van der Waals surface area contributed by atoms with Crippen LogP contribution in [0.5, 0.6) is 0 Å². The Kier molecular flexibility index (Phi) is 3.48. The molecule has 0 saturated heterocycles. The summed E-state index contributed by atoms with van der Waals surface area (Å²) >= 11 is 0. The van der Waals surface area contributed by atoms with E-state index in [0.717, 1.165) is 12.2 Å². The van der Waals surface area contributed by atoms with E-state index in [2.05, 4.69) is 6.92 Å². The lowest BCUT2D eigenvalue weighted by Crippen LogP contribution is -1.80. The zero-order chi connectivity index (χ0) is 5.70. The van der Waals surface area contributed by atoms with Crippen molar-refractivity contribution in [1.82, 2.24) is 0 Å². The summed E-state index contributed by atoms with van der Waals surface area (Å²) in [6.45, 7) is 5.57. The quantitative estimate of drug-likeness (QED) is 0.479. The van der Waals surface area contributed by atoms with Crippen molar-refractivity contribution in [3.63, 3.8) is 0 Å². The summed E-state index contributed by atoms with van der Waals surface area (Å²) in [7, 11) is 1.65. The van der Waals surface area contributed by atoms with E-state index < -0.39 is 0 Å². The van der Waals surface area contributed by atoms with Gasteiger partial charge in [-0.05, 0) is 13.0 Å². The van der Waals surface area contributed by atoms with Gasteiger partial charge in [-0.2, -0.15) is 0 Å². The van der Waals surface area contributed by atoms with Crippen molar-refractivity contribution < 1.29 is 4.74 Å². The first-order valence-corrected chi connectivity index (χ1v) is 2.37. The number of methoxy groups -OCH3 is 1. The predicted octanol–water partition coefficient (Wildman–Crippen LogP) is 1.76. The Labute approximate surface area is 45.0 Å². The Bertz CT molecular complexity index is 58.6. The van der Waals surface area contributed by atoms with Gasteiger partial charge in [-0.1, -0.05) is 6.92 Å². The minimum absolute atomic E-state index is 0.931. The molecule has 0 N–H and O–H groups in total. The summed E-state index contributed by atoms with van der Waals surface area (Å²) in [5.74, 6) is 0.944. The maximum absolute atomic E-state index is 4.85. The third kappa shape index (κ3) is 2.26. The van der Waals surface area contributed by atoms with Crippen LogP contribution in [0.25, 0.3) is 0 Å². The van der Waals surface area contributed by atoms with Gasteiger partial charge in [0, 0.05) is 6.42 Å². The third-order valence-electron chi connectivity index (χ3n) is 0.838. The van der Waals surface area contributed by atoms with Crippen LogP contribution in [0.2, 0.25) is 0 Å². The van der Waals surface area contributed by atoms with Gasteiger partial charge >= 0.3 is 0 Å². The molecule has 1 heteroatoms.